The van der Waals surface area contributed by atoms with Crippen LogP contribution in [0.1, 0.15) is 80.0 Å². The Balaban J connectivity index is 0.823. The molecule has 60 heavy (non-hydrogen) atoms. The van der Waals surface area contributed by atoms with Gasteiger partial charge in [-0.25, -0.2) is 24.3 Å². The van der Waals surface area contributed by atoms with Crippen LogP contribution in [0, 0.1) is 5.92 Å². The summed E-state index contributed by atoms with van der Waals surface area (Å²) in [5.41, 5.74) is 2.81. The lowest BCUT2D eigenvalue weighted by Crippen LogP contribution is -2.52. The van der Waals surface area contributed by atoms with Gasteiger partial charge >= 0.3 is 0 Å². The number of carbonyl (C=O) groups excluding carboxylic acids is 3. The highest BCUT2D eigenvalue weighted by atomic mass is 16.3. The molecule has 3 saturated heterocycles. The second-order valence-electron chi connectivity index (χ2n) is 16.5. The molecule has 0 radical (unpaired) electrons. The predicted molar refractivity (Wildman–Crippen MR) is 227 cm³/mol. The van der Waals surface area contributed by atoms with Gasteiger partial charge in [0.05, 0.1) is 24.1 Å². The number of benzene rings is 1. The van der Waals surface area contributed by atoms with Gasteiger partial charge in [0, 0.05) is 37.9 Å². The number of imide groups is 1. The lowest BCUT2D eigenvalue weighted by atomic mass is 9.88. The number of aliphatic hydroxyl groups is 1. The smallest absolute Gasteiger partial charge is 0.278 e. The van der Waals surface area contributed by atoms with Crippen molar-refractivity contribution in [1.29, 1.82) is 0 Å². The van der Waals surface area contributed by atoms with Crippen LogP contribution in [-0.2, 0) is 21.7 Å². The fourth-order valence-corrected chi connectivity index (χ4v) is 8.42. The van der Waals surface area contributed by atoms with Crippen molar-refractivity contribution < 1.29 is 19.5 Å². The Morgan fingerprint density at radius 1 is 0.933 bits per heavy atom. The van der Waals surface area contributed by atoms with Gasteiger partial charge in [0.25, 0.3) is 11.5 Å². The van der Waals surface area contributed by atoms with Crippen molar-refractivity contribution in [3.8, 4) is 5.82 Å². The van der Waals surface area contributed by atoms with E-state index in [0.717, 1.165) is 69.8 Å². The van der Waals surface area contributed by atoms with E-state index in [1.54, 1.807) is 55.1 Å². The largest absolute Gasteiger partial charge is 0.384 e. The number of aromatic nitrogens is 6. The molecule has 0 spiro atoms. The zero-order chi connectivity index (χ0) is 42.0. The van der Waals surface area contributed by atoms with Crippen molar-refractivity contribution in [3.05, 3.63) is 107 Å². The van der Waals surface area contributed by atoms with Crippen LogP contribution in [0.2, 0.25) is 0 Å². The van der Waals surface area contributed by atoms with Crippen molar-refractivity contribution in [2.45, 2.75) is 76.5 Å². The quantitative estimate of drug-likeness (QED) is 0.104. The molecule has 0 saturated carbocycles. The number of likely N-dealkylation sites (tertiary alicyclic amines) is 1. The first kappa shape index (κ1) is 40.5. The number of hydrogen-bond donors (Lipinski definition) is 4. The van der Waals surface area contributed by atoms with Crippen molar-refractivity contribution >= 4 is 46.1 Å². The number of rotatable bonds is 12. The Morgan fingerprint density at radius 3 is 2.38 bits per heavy atom. The standard InChI is InChI=1S/C44H51N11O5/c1-4-20-54-42(59)33-26-46-43(51-39(33)55(54)37-7-5-6-36(49-37)44(2,3)60)47-31-10-8-29(9-11-31)30-18-21-52(22-19-30)27-28-16-23-53(24-17-28)32-12-13-34(45-25-32)40(57)48-35-14-15-38(56)50-41(35)58/h4-13,25-26,28,30,35,60H,1,14-24,27H2,2-3H3,(H,48,57)(H,46,47,51)(H,50,56,58). The molecule has 0 aliphatic carbocycles. The molecule has 3 fully saturated rings. The Morgan fingerprint density at radius 2 is 1.70 bits per heavy atom. The number of allylic oxidation sites excluding steroid dienone is 1. The highest BCUT2D eigenvalue weighted by molar-refractivity contribution is 6.03. The monoisotopic (exact) mass is 813 g/mol. The molecule has 312 valence electrons. The minimum Gasteiger partial charge on any atom is -0.384 e. The molecule has 3 aliphatic heterocycles. The zero-order valence-electron chi connectivity index (χ0n) is 34.0. The van der Waals surface area contributed by atoms with E-state index < -0.39 is 23.5 Å². The molecule has 4 N–H and O–H groups in total. The molecule has 16 heteroatoms. The fraction of sp³-hybridized carbons (Fsp3) is 0.409. The average Bonchev–Trinajstić information content (AvgIpc) is 3.52. The van der Waals surface area contributed by atoms with Gasteiger partial charge in [0.1, 0.15) is 22.7 Å². The van der Waals surface area contributed by atoms with Crippen LogP contribution in [0.3, 0.4) is 0 Å². The van der Waals surface area contributed by atoms with E-state index in [2.05, 4.69) is 59.4 Å². The van der Waals surface area contributed by atoms with Crippen LogP contribution in [0.15, 0.2) is 84.4 Å². The Kier molecular flexibility index (Phi) is 11.6. The van der Waals surface area contributed by atoms with Crippen LogP contribution in [0.4, 0.5) is 17.3 Å². The Labute approximate surface area is 347 Å². The molecule has 3 aliphatic rings. The molecule has 1 aromatic carbocycles. The highest BCUT2D eigenvalue weighted by Crippen LogP contribution is 2.31. The van der Waals surface area contributed by atoms with Gasteiger partial charge < -0.3 is 25.5 Å². The Hall–Kier alpha value is -6.26. The molecular weight excluding hydrogens is 763 g/mol. The van der Waals surface area contributed by atoms with Crippen molar-refractivity contribution in [2.75, 3.05) is 42.9 Å². The second kappa shape index (κ2) is 17.1. The van der Waals surface area contributed by atoms with E-state index in [0.29, 0.717) is 40.3 Å². The van der Waals surface area contributed by atoms with Crippen molar-refractivity contribution in [2.24, 2.45) is 5.92 Å². The SMILES string of the molecule is C=CCn1c(=O)c2cnc(Nc3ccc(C4CCN(CC5CCN(c6ccc(C(=O)NC7CCC(=O)NC7=O)nc6)CC5)CC4)cc3)nc2n1-c1cccc(C(C)(C)O)n1. The van der Waals surface area contributed by atoms with Crippen LogP contribution >= 0.6 is 0 Å². The molecule has 1 atom stereocenters. The fourth-order valence-electron chi connectivity index (χ4n) is 8.42. The molecule has 5 aromatic rings. The van der Waals surface area contributed by atoms with Crippen LogP contribution in [0.25, 0.3) is 16.9 Å². The normalized spacial score (nSPS) is 18.4. The number of hydrogen-bond acceptors (Lipinski definition) is 12. The van der Waals surface area contributed by atoms with E-state index >= 15 is 0 Å². The number of nitrogens with zero attached hydrogens (tertiary/aromatic N) is 8. The van der Waals surface area contributed by atoms with E-state index in [4.69, 9.17) is 4.98 Å². The van der Waals surface area contributed by atoms with Crippen molar-refractivity contribution in [3.63, 3.8) is 0 Å². The summed E-state index contributed by atoms with van der Waals surface area (Å²) in [6.07, 6.45) is 9.76. The topological polar surface area (TPSA) is 192 Å². The molecule has 3 amide bonds. The number of anilines is 3. The summed E-state index contributed by atoms with van der Waals surface area (Å²) in [4.78, 5) is 72.7. The number of nitrogens with one attached hydrogen (secondary N) is 3. The average molecular weight is 814 g/mol. The first-order valence-corrected chi connectivity index (χ1v) is 20.7. The summed E-state index contributed by atoms with van der Waals surface area (Å²) >= 11 is 0. The molecule has 16 nitrogen and oxygen atoms in total. The predicted octanol–water partition coefficient (Wildman–Crippen LogP) is 4.16. The summed E-state index contributed by atoms with van der Waals surface area (Å²) < 4.78 is 3.16. The minimum absolute atomic E-state index is 0.200. The summed E-state index contributed by atoms with van der Waals surface area (Å²) in [7, 11) is 0. The maximum atomic E-state index is 13.4. The molecule has 1 unspecified atom stereocenters. The van der Waals surface area contributed by atoms with Crippen LogP contribution in [-0.4, -0.2) is 95.8 Å². The third kappa shape index (κ3) is 8.84. The summed E-state index contributed by atoms with van der Waals surface area (Å²) in [6.45, 7) is 12.5. The second-order valence-corrected chi connectivity index (χ2v) is 16.5. The number of piperidine rings is 3. The lowest BCUT2D eigenvalue weighted by Gasteiger charge is -2.38. The van der Waals surface area contributed by atoms with E-state index in [1.807, 2.05) is 18.2 Å². The number of amides is 3. The van der Waals surface area contributed by atoms with E-state index in [-0.39, 0.29) is 36.5 Å². The number of pyridine rings is 2. The lowest BCUT2D eigenvalue weighted by molar-refractivity contribution is -0.134. The third-order valence-corrected chi connectivity index (χ3v) is 11.8. The van der Waals surface area contributed by atoms with E-state index in [1.165, 1.54) is 16.4 Å². The number of carbonyl (C=O) groups is 3. The molecule has 7 heterocycles. The summed E-state index contributed by atoms with van der Waals surface area (Å²) in [5, 5.41) is 19.2. The Bertz CT molecular complexity index is 2440. The number of fused-ring (bicyclic) bond motifs is 1. The first-order valence-electron chi connectivity index (χ1n) is 20.7. The van der Waals surface area contributed by atoms with Crippen LogP contribution < -0.4 is 26.4 Å². The van der Waals surface area contributed by atoms with Gasteiger partial charge in [-0.15, -0.1) is 6.58 Å². The zero-order valence-corrected chi connectivity index (χ0v) is 34.0. The molecule has 8 rings (SSSR count). The summed E-state index contributed by atoms with van der Waals surface area (Å²) in [6, 6.07) is 16.6. The van der Waals surface area contributed by atoms with Crippen LogP contribution in [0.5, 0.6) is 0 Å². The first-order chi connectivity index (χ1) is 28.9. The minimum atomic E-state index is -1.17. The van der Waals surface area contributed by atoms with Gasteiger partial charge in [0.2, 0.25) is 17.8 Å². The molecule has 4 aromatic heterocycles. The van der Waals surface area contributed by atoms with Gasteiger partial charge in [0.15, 0.2) is 11.5 Å². The third-order valence-electron chi connectivity index (χ3n) is 11.8. The maximum Gasteiger partial charge on any atom is 0.278 e. The maximum absolute atomic E-state index is 13.4. The van der Waals surface area contributed by atoms with Crippen molar-refractivity contribution in [1.82, 2.24) is 44.8 Å². The summed E-state index contributed by atoms with van der Waals surface area (Å²) in [5.74, 6) is 0.677. The van der Waals surface area contributed by atoms with Gasteiger partial charge in [-0.05, 0) is 113 Å². The van der Waals surface area contributed by atoms with Gasteiger partial charge in [-0.3, -0.25) is 24.5 Å². The van der Waals surface area contributed by atoms with Gasteiger partial charge in [-0.2, -0.15) is 4.98 Å². The van der Waals surface area contributed by atoms with E-state index in [9.17, 15) is 24.3 Å². The molecule has 0 bridgehead atoms. The molecular formula is C44H51N11O5. The highest BCUT2D eigenvalue weighted by Gasteiger charge is 2.29. The van der Waals surface area contributed by atoms with Gasteiger partial charge in [-0.1, -0.05) is 24.3 Å².